The second kappa shape index (κ2) is 6.50. The van der Waals surface area contributed by atoms with E-state index in [1.54, 1.807) is 0 Å². The van der Waals surface area contributed by atoms with E-state index >= 15 is 0 Å². The van der Waals surface area contributed by atoms with Crippen LogP contribution in [0.1, 0.15) is 18.4 Å². The van der Waals surface area contributed by atoms with E-state index in [9.17, 15) is 5.11 Å². The first-order valence-corrected chi connectivity index (χ1v) is 7.21. The summed E-state index contributed by atoms with van der Waals surface area (Å²) in [5.74, 6) is 0.920. The van der Waals surface area contributed by atoms with Crippen molar-refractivity contribution < 1.29 is 5.11 Å². The van der Waals surface area contributed by atoms with Crippen molar-refractivity contribution in [2.24, 2.45) is 0 Å². The Morgan fingerprint density at radius 2 is 2.44 bits per heavy atom. The SMILES string of the molecule is Cc1cnc(N(CCO)CC2CCCN2)c(Br)c1. The highest BCUT2D eigenvalue weighted by Gasteiger charge is 2.20. The van der Waals surface area contributed by atoms with Crippen molar-refractivity contribution in [1.29, 1.82) is 0 Å². The molecule has 1 saturated heterocycles. The summed E-state index contributed by atoms with van der Waals surface area (Å²) in [5, 5.41) is 12.7. The lowest BCUT2D eigenvalue weighted by Crippen LogP contribution is -2.39. The summed E-state index contributed by atoms with van der Waals surface area (Å²) in [6, 6.07) is 2.57. The Balaban J connectivity index is 2.12. The number of aliphatic hydroxyl groups is 1. The molecule has 100 valence electrons. The fourth-order valence-electron chi connectivity index (χ4n) is 2.34. The molecule has 1 unspecified atom stereocenters. The average Bonchev–Trinajstić information content (AvgIpc) is 2.81. The van der Waals surface area contributed by atoms with E-state index < -0.39 is 0 Å². The smallest absolute Gasteiger partial charge is 0.143 e. The third-order valence-corrected chi connectivity index (χ3v) is 3.81. The van der Waals surface area contributed by atoms with Crippen molar-refractivity contribution in [3.63, 3.8) is 0 Å². The van der Waals surface area contributed by atoms with Crippen LogP contribution in [0.25, 0.3) is 0 Å². The summed E-state index contributed by atoms with van der Waals surface area (Å²) >= 11 is 3.56. The van der Waals surface area contributed by atoms with E-state index in [0.29, 0.717) is 12.6 Å². The molecule has 0 amide bonds. The van der Waals surface area contributed by atoms with Crippen LogP contribution in [0, 0.1) is 6.92 Å². The van der Waals surface area contributed by atoms with Crippen LogP contribution in [0.4, 0.5) is 5.82 Å². The van der Waals surface area contributed by atoms with Crippen molar-refractivity contribution in [2.75, 3.05) is 31.1 Å². The molecule has 0 spiro atoms. The zero-order valence-corrected chi connectivity index (χ0v) is 12.3. The average molecular weight is 314 g/mol. The molecule has 1 aliphatic heterocycles. The molecule has 0 aliphatic carbocycles. The number of aromatic nitrogens is 1. The molecule has 1 aliphatic rings. The van der Waals surface area contributed by atoms with Gasteiger partial charge in [-0.15, -0.1) is 0 Å². The Bertz CT molecular complexity index is 394. The van der Waals surface area contributed by atoms with E-state index in [1.165, 1.54) is 12.8 Å². The largest absolute Gasteiger partial charge is 0.395 e. The van der Waals surface area contributed by atoms with Gasteiger partial charge in [0.05, 0.1) is 11.1 Å². The maximum Gasteiger partial charge on any atom is 0.143 e. The Hall–Kier alpha value is -0.650. The van der Waals surface area contributed by atoms with E-state index in [4.69, 9.17) is 0 Å². The minimum Gasteiger partial charge on any atom is -0.395 e. The Kier molecular flexibility index (Phi) is 4.97. The lowest BCUT2D eigenvalue weighted by atomic mass is 10.2. The Labute approximate surface area is 117 Å². The minimum atomic E-state index is 0.148. The summed E-state index contributed by atoms with van der Waals surface area (Å²) < 4.78 is 0.994. The van der Waals surface area contributed by atoms with Gasteiger partial charge in [0.2, 0.25) is 0 Å². The fourth-order valence-corrected chi connectivity index (χ4v) is 3.06. The lowest BCUT2D eigenvalue weighted by molar-refractivity contribution is 0.300. The number of aliphatic hydroxyl groups excluding tert-OH is 1. The van der Waals surface area contributed by atoms with Gasteiger partial charge in [0, 0.05) is 25.3 Å². The molecule has 1 atom stereocenters. The van der Waals surface area contributed by atoms with Gasteiger partial charge < -0.3 is 15.3 Å². The normalized spacial score (nSPS) is 19.2. The Morgan fingerprint density at radius 1 is 1.61 bits per heavy atom. The van der Waals surface area contributed by atoms with Gasteiger partial charge in [-0.05, 0) is 53.9 Å². The molecule has 5 heteroatoms. The molecule has 1 fully saturated rings. The first-order valence-electron chi connectivity index (χ1n) is 6.42. The summed E-state index contributed by atoms with van der Waals surface area (Å²) in [5.41, 5.74) is 1.13. The molecular formula is C13H20BrN3O. The number of hydrogen-bond donors (Lipinski definition) is 2. The highest BCUT2D eigenvalue weighted by molar-refractivity contribution is 9.10. The molecule has 18 heavy (non-hydrogen) atoms. The number of halogens is 1. The minimum absolute atomic E-state index is 0.148. The van der Waals surface area contributed by atoms with E-state index in [2.05, 4.69) is 37.2 Å². The molecule has 1 aromatic heterocycles. The predicted octanol–water partition coefficient (Wildman–Crippen LogP) is 1.70. The number of anilines is 1. The molecule has 0 bridgehead atoms. The van der Waals surface area contributed by atoms with E-state index in [0.717, 1.165) is 28.9 Å². The zero-order valence-electron chi connectivity index (χ0n) is 10.7. The van der Waals surface area contributed by atoms with Gasteiger partial charge >= 0.3 is 0 Å². The van der Waals surface area contributed by atoms with Crippen LogP contribution in [0.15, 0.2) is 16.7 Å². The first kappa shape index (κ1) is 13.8. The first-order chi connectivity index (χ1) is 8.70. The third kappa shape index (κ3) is 3.43. The third-order valence-electron chi connectivity index (χ3n) is 3.23. The maximum atomic E-state index is 9.21. The quantitative estimate of drug-likeness (QED) is 0.869. The van der Waals surface area contributed by atoms with Crippen LogP contribution in [-0.2, 0) is 0 Å². The van der Waals surface area contributed by atoms with Gasteiger partial charge in [0.25, 0.3) is 0 Å². The summed E-state index contributed by atoms with van der Waals surface area (Å²) in [4.78, 5) is 6.62. The number of rotatable bonds is 5. The van der Waals surface area contributed by atoms with Crippen LogP contribution in [0.3, 0.4) is 0 Å². The van der Waals surface area contributed by atoms with Crippen molar-refractivity contribution in [3.8, 4) is 0 Å². The van der Waals surface area contributed by atoms with Gasteiger partial charge in [-0.1, -0.05) is 0 Å². The monoisotopic (exact) mass is 313 g/mol. The standard InChI is InChI=1S/C13H20BrN3O/c1-10-7-12(14)13(16-8-10)17(5-6-18)9-11-3-2-4-15-11/h7-8,11,15,18H,2-6,9H2,1H3. The fraction of sp³-hybridized carbons (Fsp3) is 0.615. The summed E-state index contributed by atoms with van der Waals surface area (Å²) in [6.45, 7) is 4.79. The van der Waals surface area contributed by atoms with E-state index in [-0.39, 0.29) is 6.61 Å². The van der Waals surface area contributed by atoms with Gasteiger partial charge in [-0.2, -0.15) is 0 Å². The van der Waals surface area contributed by atoms with Crippen molar-refractivity contribution in [3.05, 3.63) is 22.3 Å². The van der Waals surface area contributed by atoms with Crippen molar-refractivity contribution in [2.45, 2.75) is 25.8 Å². The van der Waals surface area contributed by atoms with Crippen LogP contribution < -0.4 is 10.2 Å². The number of nitrogens with zero attached hydrogens (tertiary/aromatic N) is 2. The van der Waals surface area contributed by atoms with Gasteiger partial charge in [-0.3, -0.25) is 0 Å². The highest BCUT2D eigenvalue weighted by Crippen LogP contribution is 2.25. The molecule has 4 nitrogen and oxygen atoms in total. The molecule has 0 radical (unpaired) electrons. The Morgan fingerprint density at radius 3 is 3.06 bits per heavy atom. The molecule has 2 rings (SSSR count). The number of pyridine rings is 1. The topological polar surface area (TPSA) is 48.4 Å². The molecule has 0 aromatic carbocycles. The molecule has 1 aromatic rings. The molecular weight excluding hydrogens is 294 g/mol. The number of hydrogen-bond acceptors (Lipinski definition) is 4. The second-order valence-corrected chi connectivity index (χ2v) is 5.64. The van der Waals surface area contributed by atoms with Crippen LogP contribution in [0.5, 0.6) is 0 Å². The van der Waals surface area contributed by atoms with Gasteiger partial charge in [-0.25, -0.2) is 4.98 Å². The zero-order chi connectivity index (χ0) is 13.0. The second-order valence-electron chi connectivity index (χ2n) is 4.78. The van der Waals surface area contributed by atoms with Gasteiger partial charge in [0.1, 0.15) is 5.82 Å². The summed E-state index contributed by atoms with van der Waals surface area (Å²) in [7, 11) is 0. The molecule has 2 heterocycles. The van der Waals surface area contributed by atoms with Crippen molar-refractivity contribution in [1.82, 2.24) is 10.3 Å². The maximum absolute atomic E-state index is 9.21. The van der Waals surface area contributed by atoms with E-state index in [1.807, 2.05) is 13.1 Å². The van der Waals surface area contributed by atoms with Gasteiger partial charge in [0.15, 0.2) is 0 Å². The molecule has 2 N–H and O–H groups in total. The summed E-state index contributed by atoms with van der Waals surface area (Å²) in [6.07, 6.45) is 4.30. The predicted molar refractivity (Wildman–Crippen MR) is 77.0 cm³/mol. The molecule has 0 saturated carbocycles. The highest BCUT2D eigenvalue weighted by atomic mass is 79.9. The van der Waals surface area contributed by atoms with Crippen molar-refractivity contribution >= 4 is 21.7 Å². The van der Waals surface area contributed by atoms with Crippen LogP contribution in [-0.4, -0.2) is 42.4 Å². The number of aryl methyl sites for hydroxylation is 1. The number of nitrogens with one attached hydrogen (secondary N) is 1. The lowest BCUT2D eigenvalue weighted by Gasteiger charge is -2.27. The van der Waals surface area contributed by atoms with Crippen LogP contribution in [0.2, 0.25) is 0 Å². The van der Waals surface area contributed by atoms with Crippen LogP contribution >= 0.6 is 15.9 Å².